The summed E-state index contributed by atoms with van der Waals surface area (Å²) in [4.78, 5) is 27.7. The molecule has 0 radical (unpaired) electrons. The summed E-state index contributed by atoms with van der Waals surface area (Å²) in [5.41, 5.74) is 1.88. The zero-order valence-electron chi connectivity index (χ0n) is 76.7. The highest BCUT2D eigenvalue weighted by Gasteiger charge is 2.21. The van der Waals surface area contributed by atoms with Gasteiger partial charge in [0.1, 0.15) is 31.3 Å². The molecule has 0 aliphatic rings. The second-order valence-electron chi connectivity index (χ2n) is 26.1. The quantitative estimate of drug-likeness (QED) is 0.0454. The maximum absolute atomic E-state index is 13.9. The maximum Gasteiger partial charge on any atom is 0.339 e. The first-order chi connectivity index (χ1) is 63.4. The summed E-state index contributed by atoms with van der Waals surface area (Å²) < 4.78 is 205. The van der Waals surface area contributed by atoms with Crippen LogP contribution >= 0.6 is 15.9 Å². The fourth-order valence-corrected chi connectivity index (χ4v) is 10.4. The molecule has 0 fully saturated rings. The Labute approximate surface area is 766 Å². The highest BCUT2D eigenvalue weighted by Crippen LogP contribution is 2.33. The van der Waals surface area contributed by atoms with Crippen molar-refractivity contribution < 1.29 is 185 Å². The molecule has 0 aliphatic carbocycles. The van der Waals surface area contributed by atoms with Gasteiger partial charge in [-0.1, -0.05) is 24.8 Å². The fourth-order valence-electron chi connectivity index (χ4n) is 9.85. The third kappa shape index (κ3) is 79.0. The van der Waals surface area contributed by atoms with E-state index in [1.54, 1.807) is 58.8 Å². The van der Waals surface area contributed by atoms with Crippen LogP contribution in [0.2, 0.25) is 0 Å². The van der Waals surface area contributed by atoms with Crippen LogP contribution in [0.1, 0.15) is 37.4 Å². The van der Waals surface area contributed by atoms with E-state index in [0.29, 0.717) is 416 Å². The van der Waals surface area contributed by atoms with E-state index in [-0.39, 0.29) is 64.0 Å². The minimum Gasteiger partial charge on any atom is -0.496 e. The van der Waals surface area contributed by atoms with Crippen LogP contribution in [0.3, 0.4) is 0 Å². The average Bonchev–Trinajstić information content (AvgIpc) is 0.806. The fraction of sp³-hybridized carbons (Fsp3) is 0.795. The van der Waals surface area contributed by atoms with Gasteiger partial charge in [-0.2, -0.15) is 0 Å². The van der Waals surface area contributed by atoms with Crippen molar-refractivity contribution in [1.82, 2.24) is 0 Å². The van der Waals surface area contributed by atoms with Gasteiger partial charge >= 0.3 is 11.9 Å². The topological polar surface area (TPSA) is 376 Å². The first-order valence-corrected chi connectivity index (χ1v) is 44.8. The molecule has 0 saturated carbocycles. The van der Waals surface area contributed by atoms with Crippen molar-refractivity contribution in [1.29, 1.82) is 0 Å². The van der Waals surface area contributed by atoms with E-state index in [1.807, 2.05) is 0 Å². The van der Waals surface area contributed by atoms with Crippen LogP contribution in [0, 0.1) is 0 Å². The number of carbonyl (C=O) groups excluding carboxylic acids is 2. The molecule has 2 aromatic rings. The summed E-state index contributed by atoms with van der Waals surface area (Å²) in [5, 5.41) is 0. The Hall–Kier alpha value is -4.38. The van der Waals surface area contributed by atoms with Crippen molar-refractivity contribution in [2.75, 3.05) is 464 Å². The summed E-state index contributed by atoms with van der Waals surface area (Å²) >= 11 is 3.50. The largest absolute Gasteiger partial charge is 0.496 e. The van der Waals surface area contributed by atoms with Crippen molar-refractivity contribution in [3.8, 4) is 11.5 Å². The predicted molar refractivity (Wildman–Crippen MR) is 472 cm³/mol. The predicted octanol–water partition coefficient (Wildman–Crippen LogP) is 5.40. The van der Waals surface area contributed by atoms with Crippen molar-refractivity contribution in [2.45, 2.75) is 0 Å². The first kappa shape index (κ1) is 120. The second-order valence-corrected chi connectivity index (χ2v) is 26.9. The highest BCUT2D eigenvalue weighted by molar-refractivity contribution is 9.10. The van der Waals surface area contributed by atoms with E-state index in [4.69, 9.17) is 175 Å². The summed E-state index contributed by atoms with van der Waals surface area (Å²) in [5.74, 6) is -0.350. The summed E-state index contributed by atoms with van der Waals surface area (Å²) in [6.45, 7) is 31.2. The van der Waals surface area contributed by atoms with Gasteiger partial charge in [0.15, 0.2) is 0 Å². The standard InChI is InChI=1S/C88H153BrO39/c1-6-79-76-86(126-72-69-123-66-63-120-60-57-117-54-51-114-48-45-111-42-39-108-36-33-105-30-27-102-24-21-99-18-15-96-12-9-92-2)81(77-85(79)95-5)8-7-80-75-83(88(91)128-74-71-125-68-65-122-62-59-119-56-53-116-50-47-113-44-41-110-38-35-107-32-29-104-26-23-101-20-17-98-14-11-94-4)84(89)78-82(80)87(90)127-73-70-124-67-64-121-61-58-118-55-52-115-49-46-112-43-40-109-37-34-106-31-28-103-25-22-100-19-16-97-13-10-93-3/h6-8,75-78H,1,9-74H2,2-5H3/b8-7+. The number of esters is 2. The van der Waals surface area contributed by atoms with E-state index >= 15 is 0 Å². The van der Waals surface area contributed by atoms with E-state index < -0.39 is 11.9 Å². The van der Waals surface area contributed by atoms with E-state index in [0.717, 1.165) is 0 Å². The van der Waals surface area contributed by atoms with Gasteiger partial charge in [-0.25, -0.2) is 9.59 Å². The number of benzene rings is 2. The molecule has 2 rings (SSSR count). The van der Waals surface area contributed by atoms with Gasteiger partial charge in [-0.05, 0) is 45.8 Å². The molecular weight excluding hydrogens is 1760 g/mol. The zero-order valence-corrected chi connectivity index (χ0v) is 78.3. The number of hydrogen-bond acceptors (Lipinski definition) is 39. The molecule has 0 N–H and O–H groups in total. The second kappa shape index (κ2) is 98.6. The SMILES string of the molecule is C=Cc1cc(OCCOCCOCCOCCOCCOCCOCCOCCOCCOCCOCCOC)c(/C=C/c2cc(C(=O)OCCOCCOCCOCCOCCOCCOCCOCCOCCOCCOCCOC)c(Br)cc2C(=O)OCCOCCOCCOCCOCCOCCOCCOCCOCCOCCOCCOC)cc1OC. The smallest absolute Gasteiger partial charge is 0.339 e. The molecule has 0 aromatic heterocycles. The molecule has 40 heteroatoms. The Kier molecular flexibility index (Phi) is 92.2. The van der Waals surface area contributed by atoms with Gasteiger partial charge in [-0.15, -0.1) is 0 Å². The molecule has 746 valence electrons. The lowest BCUT2D eigenvalue weighted by Gasteiger charge is -2.15. The number of hydrogen-bond donors (Lipinski definition) is 0. The van der Waals surface area contributed by atoms with E-state index in [2.05, 4.69) is 22.5 Å². The normalized spacial score (nSPS) is 11.7. The van der Waals surface area contributed by atoms with Crippen LogP contribution in [-0.4, -0.2) is 476 Å². The minimum absolute atomic E-state index is 0.0620. The number of carbonyl (C=O) groups is 2. The van der Waals surface area contributed by atoms with Gasteiger partial charge in [-0.3, -0.25) is 0 Å². The number of methoxy groups -OCH3 is 4. The van der Waals surface area contributed by atoms with Crippen molar-refractivity contribution in [3.63, 3.8) is 0 Å². The number of rotatable bonds is 106. The monoisotopic (exact) mass is 1910 g/mol. The average molecular weight is 1920 g/mol. The molecular formula is C88H153BrO39. The van der Waals surface area contributed by atoms with Crippen LogP contribution in [0.4, 0.5) is 0 Å². The lowest BCUT2D eigenvalue weighted by atomic mass is 10.0. The van der Waals surface area contributed by atoms with Crippen molar-refractivity contribution in [3.05, 3.63) is 63.1 Å². The molecule has 0 bridgehead atoms. The van der Waals surface area contributed by atoms with Crippen LogP contribution in [0.5, 0.6) is 11.5 Å². The third-order valence-electron chi connectivity index (χ3n) is 16.4. The van der Waals surface area contributed by atoms with Crippen LogP contribution in [-0.2, 0) is 166 Å². The Morgan fingerprint density at radius 3 is 0.602 bits per heavy atom. The summed E-state index contributed by atoms with van der Waals surface area (Å²) in [6, 6.07) is 6.61. The third-order valence-corrected chi connectivity index (χ3v) is 17.0. The molecule has 0 spiro atoms. The Balaban J connectivity index is 1.73. The van der Waals surface area contributed by atoms with Crippen molar-refractivity contribution in [2.24, 2.45) is 0 Å². The van der Waals surface area contributed by atoms with Crippen molar-refractivity contribution >= 4 is 46.1 Å². The lowest BCUT2D eigenvalue weighted by Crippen LogP contribution is -2.16. The Morgan fingerprint density at radius 1 is 0.219 bits per heavy atom. The molecule has 0 unspecified atom stereocenters. The highest BCUT2D eigenvalue weighted by atomic mass is 79.9. The lowest BCUT2D eigenvalue weighted by molar-refractivity contribution is -0.0277. The minimum atomic E-state index is -0.672. The van der Waals surface area contributed by atoms with Gasteiger partial charge in [0.2, 0.25) is 0 Å². The van der Waals surface area contributed by atoms with Gasteiger partial charge in [0.05, 0.1) is 434 Å². The number of ether oxygens (including phenoxy) is 37. The summed E-state index contributed by atoms with van der Waals surface area (Å²) in [6.07, 6.45) is 5.06. The molecule has 39 nitrogen and oxygen atoms in total. The number of halogens is 1. The van der Waals surface area contributed by atoms with Crippen LogP contribution in [0.15, 0.2) is 35.3 Å². The maximum atomic E-state index is 13.9. The molecule has 2 aromatic carbocycles. The van der Waals surface area contributed by atoms with Gasteiger partial charge < -0.3 is 175 Å². The summed E-state index contributed by atoms with van der Waals surface area (Å²) in [7, 11) is 6.45. The van der Waals surface area contributed by atoms with Gasteiger partial charge in [0, 0.05) is 36.9 Å². The Morgan fingerprint density at radius 2 is 0.398 bits per heavy atom. The van der Waals surface area contributed by atoms with Crippen LogP contribution < -0.4 is 9.47 Å². The molecule has 0 atom stereocenters. The molecule has 0 heterocycles. The van der Waals surface area contributed by atoms with E-state index in [9.17, 15) is 9.59 Å². The van der Waals surface area contributed by atoms with Gasteiger partial charge in [0.25, 0.3) is 0 Å². The molecule has 128 heavy (non-hydrogen) atoms. The van der Waals surface area contributed by atoms with Crippen LogP contribution in [0.25, 0.3) is 18.2 Å². The molecule has 0 saturated heterocycles. The zero-order chi connectivity index (χ0) is 91.6. The Bertz CT molecular complexity index is 2740. The van der Waals surface area contributed by atoms with E-state index in [1.165, 1.54) is 12.1 Å². The molecule has 0 aliphatic heterocycles. The molecule has 0 amide bonds. The first-order valence-electron chi connectivity index (χ1n) is 44.0.